The monoisotopic (exact) mass is 450 g/mol. The Kier molecular flexibility index (Phi) is 11.3. The minimum absolute atomic E-state index is 0.175. The molecule has 0 spiro atoms. The van der Waals surface area contributed by atoms with Gasteiger partial charge in [0.2, 0.25) is 0 Å². The number of hydrogen-bond acceptors (Lipinski definition) is 6. The molecule has 0 radical (unpaired) electrons. The van der Waals surface area contributed by atoms with E-state index in [9.17, 15) is 14.4 Å². The SMILES string of the molecule is COCC(C)NC(=O)COC(=O)C(CCSC)NC(=O)c1ccc(Cl)cc1Cl. The Morgan fingerprint density at radius 2 is 1.93 bits per heavy atom. The van der Waals surface area contributed by atoms with Crippen LogP contribution in [0.4, 0.5) is 0 Å². The van der Waals surface area contributed by atoms with E-state index >= 15 is 0 Å². The van der Waals surface area contributed by atoms with Gasteiger partial charge >= 0.3 is 5.97 Å². The Hall–Kier alpha value is -1.48. The minimum atomic E-state index is -0.907. The number of esters is 1. The van der Waals surface area contributed by atoms with Gasteiger partial charge < -0.3 is 20.1 Å². The van der Waals surface area contributed by atoms with Gasteiger partial charge in [0.1, 0.15) is 6.04 Å². The van der Waals surface area contributed by atoms with Crippen molar-refractivity contribution in [1.82, 2.24) is 10.6 Å². The van der Waals surface area contributed by atoms with Gasteiger partial charge in [0.15, 0.2) is 6.61 Å². The molecule has 0 aromatic heterocycles. The van der Waals surface area contributed by atoms with Crippen molar-refractivity contribution in [2.45, 2.75) is 25.4 Å². The van der Waals surface area contributed by atoms with Crippen molar-refractivity contribution in [1.29, 1.82) is 0 Å². The van der Waals surface area contributed by atoms with E-state index in [4.69, 9.17) is 32.7 Å². The zero-order valence-corrected chi connectivity index (χ0v) is 18.2. The molecule has 0 aliphatic rings. The smallest absolute Gasteiger partial charge is 0.329 e. The van der Waals surface area contributed by atoms with Crippen molar-refractivity contribution >= 4 is 52.7 Å². The standard InChI is InChI=1S/C18H24Cl2N2O5S/c1-11(9-26-2)21-16(23)10-27-18(25)15(6-7-28-3)22-17(24)13-5-4-12(19)8-14(13)20/h4-5,8,11,15H,6-7,9-10H2,1-3H3,(H,21,23)(H,22,24). The van der Waals surface area contributed by atoms with Crippen molar-refractivity contribution in [3.05, 3.63) is 33.8 Å². The molecule has 1 aromatic rings. The molecule has 2 amide bonds. The number of ether oxygens (including phenoxy) is 2. The highest BCUT2D eigenvalue weighted by atomic mass is 35.5. The second-order valence-corrected chi connectivity index (χ2v) is 7.79. The fraction of sp³-hybridized carbons (Fsp3) is 0.500. The van der Waals surface area contributed by atoms with Crippen LogP contribution in [0.2, 0.25) is 10.0 Å². The van der Waals surface area contributed by atoms with E-state index in [0.717, 1.165) is 0 Å². The molecule has 28 heavy (non-hydrogen) atoms. The number of rotatable bonds is 11. The molecule has 0 aliphatic heterocycles. The van der Waals surface area contributed by atoms with Crippen LogP contribution in [0.15, 0.2) is 18.2 Å². The molecule has 1 aromatic carbocycles. The Morgan fingerprint density at radius 1 is 1.21 bits per heavy atom. The third kappa shape index (κ3) is 8.68. The highest BCUT2D eigenvalue weighted by molar-refractivity contribution is 7.98. The van der Waals surface area contributed by atoms with Crippen LogP contribution >= 0.6 is 35.0 Å². The third-order valence-electron chi connectivity index (χ3n) is 3.55. The van der Waals surface area contributed by atoms with E-state index in [1.54, 1.807) is 6.92 Å². The van der Waals surface area contributed by atoms with Crippen LogP contribution < -0.4 is 10.6 Å². The second kappa shape index (κ2) is 12.9. The van der Waals surface area contributed by atoms with Crippen molar-refractivity contribution in [3.8, 4) is 0 Å². The predicted octanol–water partition coefficient (Wildman–Crippen LogP) is 2.54. The number of methoxy groups -OCH3 is 1. The van der Waals surface area contributed by atoms with Gasteiger partial charge in [-0.1, -0.05) is 23.2 Å². The normalized spacial score (nSPS) is 12.8. The first-order chi connectivity index (χ1) is 13.3. The number of benzene rings is 1. The molecule has 10 heteroatoms. The molecule has 0 saturated carbocycles. The number of halogens is 2. The molecule has 156 valence electrons. The molecular formula is C18H24Cl2N2O5S. The first-order valence-electron chi connectivity index (χ1n) is 8.48. The molecule has 0 fully saturated rings. The van der Waals surface area contributed by atoms with Gasteiger partial charge in [-0.2, -0.15) is 11.8 Å². The Labute approximate surface area is 178 Å². The summed E-state index contributed by atoms with van der Waals surface area (Å²) in [5.74, 6) is -1.05. The molecule has 0 heterocycles. The van der Waals surface area contributed by atoms with Crippen LogP contribution in [0.25, 0.3) is 0 Å². The van der Waals surface area contributed by atoms with E-state index in [1.807, 2.05) is 6.26 Å². The highest BCUT2D eigenvalue weighted by Crippen LogP contribution is 2.21. The topological polar surface area (TPSA) is 93.7 Å². The van der Waals surface area contributed by atoms with Crippen molar-refractivity contribution in [2.24, 2.45) is 0 Å². The van der Waals surface area contributed by atoms with Gasteiger partial charge in [-0.3, -0.25) is 9.59 Å². The average Bonchev–Trinajstić information content (AvgIpc) is 2.63. The van der Waals surface area contributed by atoms with E-state index < -0.39 is 30.4 Å². The summed E-state index contributed by atoms with van der Waals surface area (Å²) in [6.45, 7) is 1.66. The van der Waals surface area contributed by atoms with E-state index in [-0.39, 0.29) is 16.6 Å². The average molecular weight is 451 g/mol. The van der Waals surface area contributed by atoms with Crippen LogP contribution in [0, 0.1) is 0 Å². The molecule has 2 N–H and O–H groups in total. The Morgan fingerprint density at radius 3 is 2.54 bits per heavy atom. The quantitative estimate of drug-likeness (QED) is 0.503. The van der Waals surface area contributed by atoms with Gasteiger partial charge in [0.05, 0.1) is 17.2 Å². The van der Waals surface area contributed by atoms with Crippen LogP contribution in [0.5, 0.6) is 0 Å². The first kappa shape index (κ1) is 24.6. The lowest BCUT2D eigenvalue weighted by Gasteiger charge is -2.18. The minimum Gasteiger partial charge on any atom is -0.454 e. The lowest BCUT2D eigenvalue weighted by molar-refractivity contribution is -0.150. The molecular weight excluding hydrogens is 427 g/mol. The first-order valence-corrected chi connectivity index (χ1v) is 10.6. The van der Waals surface area contributed by atoms with E-state index in [2.05, 4.69) is 10.6 Å². The maximum absolute atomic E-state index is 12.5. The summed E-state index contributed by atoms with van der Waals surface area (Å²) in [7, 11) is 1.52. The molecule has 2 unspecified atom stereocenters. The summed E-state index contributed by atoms with van der Waals surface area (Å²) in [5.41, 5.74) is 0.194. The molecule has 0 saturated heterocycles. The Balaban J connectivity index is 2.69. The number of carbonyl (C=O) groups excluding carboxylic acids is 3. The summed E-state index contributed by atoms with van der Waals surface area (Å²) in [4.78, 5) is 36.7. The van der Waals surface area contributed by atoms with Gasteiger partial charge in [-0.25, -0.2) is 4.79 Å². The van der Waals surface area contributed by atoms with Crippen LogP contribution in [0.1, 0.15) is 23.7 Å². The fourth-order valence-corrected chi connectivity index (χ4v) is 3.21. The number of carbonyl (C=O) groups is 3. The molecule has 7 nitrogen and oxygen atoms in total. The maximum atomic E-state index is 12.5. The maximum Gasteiger partial charge on any atom is 0.329 e. The Bertz CT molecular complexity index is 690. The summed E-state index contributed by atoms with van der Waals surface area (Å²) in [5, 5.41) is 5.81. The van der Waals surface area contributed by atoms with E-state index in [0.29, 0.717) is 23.8 Å². The zero-order valence-electron chi connectivity index (χ0n) is 15.9. The molecule has 0 aliphatic carbocycles. The molecule has 1 rings (SSSR count). The van der Waals surface area contributed by atoms with Gasteiger partial charge in [-0.15, -0.1) is 0 Å². The summed E-state index contributed by atoms with van der Waals surface area (Å²) < 4.78 is 9.98. The van der Waals surface area contributed by atoms with Gasteiger partial charge in [0.25, 0.3) is 11.8 Å². The highest BCUT2D eigenvalue weighted by Gasteiger charge is 2.24. The van der Waals surface area contributed by atoms with Gasteiger partial charge in [0, 0.05) is 18.2 Å². The van der Waals surface area contributed by atoms with Crippen molar-refractivity contribution in [2.75, 3.05) is 32.3 Å². The number of hydrogen-bond donors (Lipinski definition) is 2. The second-order valence-electron chi connectivity index (χ2n) is 5.96. The number of thioether (sulfide) groups is 1. The molecule has 2 atom stereocenters. The third-order valence-corrected chi connectivity index (χ3v) is 4.74. The summed E-state index contributed by atoms with van der Waals surface area (Å²) in [6.07, 6.45) is 2.23. The van der Waals surface area contributed by atoms with Crippen LogP contribution in [0.3, 0.4) is 0 Å². The van der Waals surface area contributed by atoms with Crippen molar-refractivity contribution < 1.29 is 23.9 Å². The summed E-state index contributed by atoms with van der Waals surface area (Å²) in [6, 6.07) is 3.33. The molecule has 0 bridgehead atoms. The van der Waals surface area contributed by atoms with Crippen LogP contribution in [-0.4, -0.2) is 62.2 Å². The lowest BCUT2D eigenvalue weighted by Crippen LogP contribution is -2.44. The predicted molar refractivity (Wildman–Crippen MR) is 111 cm³/mol. The fourth-order valence-electron chi connectivity index (χ4n) is 2.24. The lowest BCUT2D eigenvalue weighted by atomic mass is 10.1. The number of amides is 2. The van der Waals surface area contributed by atoms with Gasteiger partial charge in [-0.05, 0) is 43.6 Å². The van der Waals surface area contributed by atoms with Crippen LogP contribution in [-0.2, 0) is 19.1 Å². The summed E-state index contributed by atoms with van der Waals surface area (Å²) >= 11 is 13.4. The van der Waals surface area contributed by atoms with Crippen molar-refractivity contribution in [3.63, 3.8) is 0 Å². The zero-order chi connectivity index (χ0) is 21.1. The largest absolute Gasteiger partial charge is 0.454 e. The number of nitrogens with one attached hydrogen (secondary N) is 2. The van der Waals surface area contributed by atoms with E-state index in [1.165, 1.54) is 37.1 Å².